The van der Waals surface area contributed by atoms with Crippen LogP contribution in [0.2, 0.25) is 5.15 Å². The first-order valence-electron chi connectivity index (χ1n) is 7.56. The van der Waals surface area contributed by atoms with Gasteiger partial charge in [0.1, 0.15) is 10.8 Å². The van der Waals surface area contributed by atoms with Gasteiger partial charge in [-0.05, 0) is 39.3 Å². The average Bonchev–Trinajstić information content (AvgIpc) is 2.42. The monoisotopic (exact) mass is 325 g/mol. The number of carbonyl (C=O) groups is 1. The van der Waals surface area contributed by atoms with Crippen LogP contribution in [-0.4, -0.2) is 52.7 Å². The van der Waals surface area contributed by atoms with Crippen LogP contribution in [0.25, 0.3) is 0 Å². The van der Waals surface area contributed by atoms with E-state index in [1.165, 1.54) is 0 Å². The molecule has 0 N–H and O–H groups in total. The second kappa shape index (κ2) is 6.84. The van der Waals surface area contributed by atoms with Crippen molar-refractivity contribution in [2.24, 2.45) is 0 Å². The molecule has 122 valence electrons. The number of carbonyl (C=O) groups excluding carboxylic acids is 1. The Bertz CT molecular complexity index is 514. The summed E-state index contributed by atoms with van der Waals surface area (Å²) in [5.74, 6) is 0. The maximum absolute atomic E-state index is 12.0. The van der Waals surface area contributed by atoms with E-state index in [4.69, 9.17) is 16.3 Å². The Balaban J connectivity index is 1.89. The summed E-state index contributed by atoms with van der Waals surface area (Å²) in [5, 5.41) is 0.564. The summed E-state index contributed by atoms with van der Waals surface area (Å²) < 4.78 is 5.41. The first-order chi connectivity index (χ1) is 10.3. The largest absolute Gasteiger partial charge is 0.444 e. The molecule has 0 aliphatic carbocycles. The van der Waals surface area contributed by atoms with Crippen LogP contribution in [0, 0.1) is 6.92 Å². The van der Waals surface area contributed by atoms with Gasteiger partial charge in [-0.1, -0.05) is 11.6 Å². The smallest absolute Gasteiger partial charge is 0.410 e. The van der Waals surface area contributed by atoms with Crippen molar-refractivity contribution in [3.63, 3.8) is 0 Å². The quantitative estimate of drug-likeness (QED) is 0.784. The number of ether oxygens (including phenoxy) is 1. The van der Waals surface area contributed by atoms with Gasteiger partial charge in [-0.25, -0.2) is 9.78 Å². The van der Waals surface area contributed by atoms with E-state index >= 15 is 0 Å². The minimum Gasteiger partial charge on any atom is -0.444 e. The van der Waals surface area contributed by atoms with E-state index in [2.05, 4.69) is 9.88 Å². The van der Waals surface area contributed by atoms with Crippen LogP contribution >= 0.6 is 11.6 Å². The first-order valence-corrected chi connectivity index (χ1v) is 7.94. The Morgan fingerprint density at radius 3 is 2.50 bits per heavy atom. The molecule has 1 amide bonds. The number of amides is 1. The van der Waals surface area contributed by atoms with Crippen LogP contribution in [0.1, 0.15) is 31.9 Å². The van der Waals surface area contributed by atoms with Crippen LogP contribution < -0.4 is 0 Å². The molecule has 0 aromatic carbocycles. The van der Waals surface area contributed by atoms with Crippen molar-refractivity contribution < 1.29 is 9.53 Å². The van der Waals surface area contributed by atoms with E-state index < -0.39 is 5.60 Å². The molecule has 1 aromatic heterocycles. The number of rotatable bonds is 2. The summed E-state index contributed by atoms with van der Waals surface area (Å²) in [7, 11) is 0. The van der Waals surface area contributed by atoms with E-state index in [1.807, 2.05) is 33.8 Å². The van der Waals surface area contributed by atoms with Gasteiger partial charge in [0.2, 0.25) is 0 Å². The average molecular weight is 326 g/mol. The van der Waals surface area contributed by atoms with Crippen LogP contribution in [0.5, 0.6) is 0 Å². The van der Waals surface area contributed by atoms with Gasteiger partial charge in [-0.3, -0.25) is 4.90 Å². The number of aryl methyl sites for hydroxylation is 1. The zero-order valence-electron chi connectivity index (χ0n) is 13.7. The van der Waals surface area contributed by atoms with Gasteiger partial charge in [0, 0.05) is 44.5 Å². The maximum atomic E-state index is 12.0. The fraction of sp³-hybridized carbons (Fsp3) is 0.625. The lowest BCUT2D eigenvalue weighted by Crippen LogP contribution is -2.49. The second-order valence-electron chi connectivity index (χ2n) is 6.64. The van der Waals surface area contributed by atoms with E-state index in [0.29, 0.717) is 18.2 Å². The first kappa shape index (κ1) is 17.0. The Labute approximate surface area is 137 Å². The molecule has 6 heteroatoms. The Kier molecular flexibility index (Phi) is 5.29. The normalized spacial score (nSPS) is 16.7. The fourth-order valence-electron chi connectivity index (χ4n) is 2.38. The number of nitrogens with zero attached hydrogens (tertiary/aromatic N) is 3. The molecule has 0 atom stereocenters. The van der Waals surface area contributed by atoms with Crippen LogP contribution in [0.4, 0.5) is 4.79 Å². The Morgan fingerprint density at radius 2 is 1.95 bits per heavy atom. The molecule has 2 rings (SSSR count). The third kappa shape index (κ3) is 4.58. The summed E-state index contributed by atoms with van der Waals surface area (Å²) in [6, 6.07) is 1.97. The SMILES string of the molecule is Cc1ccnc(Cl)c1CN1CCN(C(=O)OC(C)(C)C)CC1. The molecule has 1 aliphatic heterocycles. The molecule has 0 saturated carbocycles. The molecular formula is C16H24ClN3O2. The highest BCUT2D eigenvalue weighted by Crippen LogP contribution is 2.20. The third-order valence-corrected chi connectivity index (χ3v) is 3.97. The van der Waals surface area contributed by atoms with Crippen molar-refractivity contribution in [1.29, 1.82) is 0 Å². The van der Waals surface area contributed by atoms with Crippen LogP contribution in [0.15, 0.2) is 12.3 Å². The summed E-state index contributed by atoms with van der Waals surface area (Å²) in [6.07, 6.45) is 1.49. The van der Waals surface area contributed by atoms with Gasteiger partial charge in [0.15, 0.2) is 0 Å². The molecule has 0 unspecified atom stereocenters. The molecule has 1 aliphatic rings. The highest BCUT2D eigenvalue weighted by Gasteiger charge is 2.26. The Morgan fingerprint density at radius 1 is 1.32 bits per heavy atom. The molecule has 5 nitrogen and oxygen atoms in total. The summed E-state index contributed by atoms with van der Waals surface area (Å²) in [6.45, 7) is 11.4. The minimum absolute atomic E-state index is 0.234. The van der Waals surface area contributed by atoms with Gasteiger partial charge in [0.05, 0.1) is 0 Å². The number of aromatic nitrogens is 1. The van der Waals surface area contributed by atoms with Gasteiger partial charge in [0.25, 0.3) is 0 Å². The molecule has 1 fully saturated rings. The molecule has 0 bridgehead atoms. The standard InChI is InChI=1S/C16H24ClN3O2/c1-12-5-6-18-14(17)13(12)11-19-7-9-20(10-8-19)15(21)22-16(2,3)4/h5-6H,7-11H2,1-4H3. The van der Waals surface area contributed by atoms with Crippen LogP contribution in [0.3, 0.4) is 0 Å². The highest BCUT2D eigenvalue weighted by molar-refractivity contribution is 6.30. The maximum Gasteiger partial charge on any atom is 0.410 e. The molecule has 0 radical (unpaired) electrons. The second-order valence-corrected chi connectivity index (χ2v) is 7.00. The van der Waals surface area contributed by atoms with Crippen molar-refractivity contribution in [3.8, 4) is 0 Å². The van der Waals surface area contributed by atoms with Crippen molar-refractivity contribution in [2.45, 2.75) is 39.8 Å². The zero-order chi connectivity index (χ0) is 16.3. The van der Waals surface area contributed by atoms with Gasteiger partial charge >= 0.3 is 6.09 Å². The molecule has 1 aromatic rings. The van der Waals surface area contributed by atoms with Crippen molar-refractivity contribution in [3.05, 3.63) is 28.5 Å². The fourth-order valence-corrected chi connectivity index (χ4v) is 2.65. The number of hydrogen-bond acceptors (Lipinski definition) is 4. The van der Waals surface area contributed by atoms with Crippen molar-refractivity contribution in [2.75, 3.05) is 26.2 Å². The molecule has 0 spiro atoms. The molecular weight excluding hydrogens is 302 g/mol. The summed E-state index contributed by atoms with van der Waals surface area (Å²) >= 11 is 6.18. The third-order valence-electron chi connectivity index (χ3n) is 3.64. The predicted molar refractivity (Wildman–Crippen MR) is 87.1 cm³/mol. The van der Waals surface area contributed by atoms with Gasteiger partial charge in [-0.2, -0.15) is 0 Å². The number of piperazine rings is 1. The minimum atomic E-state index is -0.450. The van der Waals surface area contributed by atoms with Crippen molar-refractivity contribution >= 4 is 17.7 Å². The number of pyridine rings is 1. The van der Waals surface area contributed by atoms with Crippen molar-refractivity contribution in [1.82, 2.24) is 14.8 Å². The van der Waals surface area contributed by atoms with Gasteiger partial charge in [-0.15, -0.1) is 0 Å². The van der Waals surface area contributed by atoms with E-state index in [0.717, 1.165) is 30.8 Å². The topological polar surface area (TPSA) is 45.7 Å². The van der Waals surface area contributed by atoms with E-state index in [9.17, 15) is 4.79 Å². The van der Waals surface area contributed by atoms with E-state index in [1.54, 1.807) is 11.1 Å². The summed E-state index contributed by atoms with van der Waals surface area (Å²) in [4.78, 5) is 20.2. The van der Waals surface area contributed by atoms with Gasteiger partial charge < -0.3 is 9.64 Å². The van der Waals surface area contributed by atoms with E-state index in [-0.39, 0.29) is 6.09 Å². The number of halogens is 1. The summed E-state index contributed by atoms with van der Waals surface area (Å²) in [5.41, 5.74) is 1.76. The zero-order valence-corrected chi connectivity index (χ0v) is 14.5. The highest BCUT2D eigenvalue weighted by atomic mass is 35.5. The number of hydrogen-bond donors (Lipinski definition) is 0. The molecule has 2 heterocycles. The van der Waals surface area contributed by atoms with Crippen LogP contribution in [-0.2, 0) is 11.3 Å². The molecule has 1 saturated heterocycles. The predicted octanol–water partition coefficient (Wildman–Crippen LogP) is 3.10. The lowest BCUT2D eigenvalue weighted by Gasteiger charge is -2.35. The lowest BCUT2D eigenvalue weighted by molar-refractivity contribution is 0.0139. The Hall–Kier alpha value is -1.33. The lowest BCUT2D eigenvalue weighted by atomic mass is 10.1. The molecule has 22 heavy (non-hydrogen) atoms.